The van der Waals surface area contributed by atoms with Crippen molar-refractivity contribution in [3.05, 3.63) is 76.6 Å². The number of carbonyl (C=O) groups is 1. The summed E-state index contributed by atoms with van der Waals surface area (Å²) < 4.78 is 47.1. The van der Waals surface area contributed by atoms with Gasteiger partial charge in [-0.2, -0.15) is 18.3 Å². The van der Waals surface area contributed by atoms with Crippen LogP contribution in [0.1, 0.15) is 21.6 Å². The predicted octanol–water partition coefficient (Wildman–Crippen LogP) is 4.02. The maximum atomic E-state index is 13.7. The molecule has 0 aliphatic heterocycles. The topological polar surface area (TPSA) is 76.4 Å². The molecular formula is C21H19ClF3N3O3. The van der Waals surface area contributed by atoms with E-state index in [-0.39, 0.29) is 23.9 Å². The number of carbonyl (C=O) groups excluding carboxylic acids is 1. The third kappa shape index (κ3) is 5.77. The summed E-state index contributed by atoms with van der Waals surface area (Å²) in [7, 11) is 0. The molecule has 2 aromatic carbocycles. The summed E-state index contributed by atoms with van der Waals surface area (Å²) in [6.07, 6.45) is -5.14. The number of nitrogens with zero attached hydrogens (tertiary/aromatic N) is 2. The average molecular weight is 454 g/mol. The van der Waals surface area contributed by atoms with Crippen LogP contribution in [-0.4, -0.2) is 40.0 Å². The van der Waals surface area contributed by atoms with Crippen molar-refractivity contribution < 1.29 is 27.8 Å². The van der Waals surface area contributed by atoms with E-state index in [2.05, 4.69) is 10.4 Å². The number of ether oxygens (including phenoxy) is 1. The Hall–Kier alpha value is -3.04. The first-order chi connectivity index (χ1) is 14.6. The van der Waals surface area contributed by atoms with Crippen molar-refractivity contribution in [3.63, 3.8) is 0 Å². The van der Waals surface area contributed by atoms with Crippen LogP contribution < -0.4 is 10.1 Å². The van der Waals surface area contributed by atoms with Gasteiger partial charge in [-0.05, 0) is 42.8 Å². The highest BCUT2D eigenvalue weighted by molar-refractivity contribution is 6.30. The Kier molecular flexibility index (Phi) is 6.87. The van der Waals surface area contributed by atoms with E-state index in [0.717, 1.165) is 11.8 Å². The van der Waals surface area contributed by atoms with Crippen LogP contribution in [0, 0.1) is 6.92 Å². The molecule has 164 valence electrons. The fourth-order valence-corrected chi connectivity index (χ4v) is 3.04. The first kappa shape index (κ1) is 22.6. The number of halogens is 4. The van der Waals surface area contributed by atoms with Gasteiger partial charge in [-0.1, -0.05) is 29.8 Å². The Morgan fingerprint density at radius 1 is 1.26 bits per heavy atom. The average Bonchev–Trinajstić information content (AvgIpc) is 3.16. The summed E-state index contributed by atoms with van der Waals surface area (Å²) >= 11 is 5.86. The quantitative estimate of drug-likeness (QED) is 0.566. The lowest BCUT2D eigenvalue weighted by atomic mass is 10.2. The lowest BCUT2D eigenvalue weighted by Crippen LogP contribution is -2.36. The summed E-state index contributed by atoms with van der Waals surface area (Å²) in [4.78, 5) is 12.4. The molecule has 0 bridgehead atoms. The molecule has 2 N–H and O–H groups in total. The van der Waals surface area contributed by atoms with Crippen LogP contribution >= 0.6 is 11.6 Å². The molecule has 6 nitrogen and oxygen atoms in total. The Bertz CT molecular complexity index is 1070. The zero-order chi connectivity index (χ0) is 22.6. The van der Waals surface area contributed by atoms with Gasteiger partial charge in [-0.15, -0.1) is 0 Å². The Balaban J connectivity index is 1.70. The molecule has 3 rings (SSSR count). The number of hydrogen-bond acceptors (Lipinski definition) is 4. The molecule has 10 heteroatoms. The monoisotopic (exact) mass is 453 g/mol. The van der Waals surface area contributed by atoms with Gasteiger partial charge in [0.15, 0.2) is 5.69 Å². The minimum atomic E-state index is -4.85. The van der Waals surface area contributed by atoms with E-state index in [0.29, 0.717) is 10.4 Å². The lowest BCUT2D eigenvalue weighted by Gasteiger charge is -2.15. The highest BCUT2D eigenvalue weighted by atomic mass is 35.5. The zero-order valence-corrected chi connectivity index (χ0v) is 17.1. The summed E-state index contributed by atoms with van der Waals surface area (Å²) in [6, 6.07) is 12.8. The summed E-state index contributed by atoms with van der Waals surface area (Å²) in [5, 5.41) is 16.2. The summed E-state index contributed by atoms with van der Waals surface area (Å²) in [5.41, 5.74) is -0.876. The molecule has 1 unspecified atom stereocenters. The van der Waals surface area contributed by atoms with Crippen molar-refractivity contribution >= 4 is 17.5 Å². The second-order valence-corrected chi connectivity index (χ2v) is 7.22. The van der Waals surface area contributed by atoms with E-state index >= 15 is 0 Å². The molecule has 0 spiro atoms. The molecule has 1 atom stereocenters. The first-order valence-corrected chi connectivity index (χ1v) is 9.60. The molecule has 1 amide bonds. The molecule has 0 saturated heterocycles. The first-order valence-electron chi connectivity index (χ1n) is 9.22. The number of aryl methyl sites for hydroxylation is 1. The number of amides is 1. The maximum absolute atomic E-state index is 13.7. The van der Waals surface area contributed by atoms with Gasteiger partial charge in [0.05, 0.1) is 17.4 Å². The molecule has 3 aromatic rings. The summed E-state index contributed by atoms with van der Waals surface area (Å²) in [5.74, 6) is -0.484. The molecule has 0 fully saturated rings. The summed E-state index contributed by atoms with van der Waals surface area (Å²) in [6.45, 7) is 1.44. The Morgan fingerprint density at radius 2 is 2.00 bits per heavy atom. The molecule has 0 aliphatic carbocycles. The number of aliphatic hydroxyl groups excluding tert-OH is 1. The van der Waals surface area contributed by atoms with E-state index in [1.807, 2.05) is 13.0 Å². The number of aliphatic hydroxyl groups is 1. The molecule has 0 radical (unpaired) electrons. The molecule has 0 aliphatic rings. The normalized spacial score (nSPS) is 12.5. The minimum Gasteiger partial charge on any atom is -0.491 e. The van der Waals surface area contributed by atoms with Gasteiger partial charge in [0, 0.05) is 11.6 Å². The van der Waals surface area contributed by atoms with Crippen molar-refractivity contribution in [2.75, 3.05) is 13.2 Å². The van der Waals surface area contributed by atoms with Crippen LogP contribution in [-0.2, 0) is 6.18 Å². The van der Waals surface area contributed by atoms with Crippen molar-refractivity contribution in [2.45, 2.75) is 19.2 Å². The smallest absolute Gasteiger partial charge is 0.434 e. The van der Waals surface area contributed by atoms with Crippen LogP contribution in [0.3, 0.4) is 0 Å². The molecule has 31 heavy (non-hydrogen) atoms. The fourth-order valence-electron chi connectivity index (χ4n) is 2.85. The van der Waals surface area contributed by atoms with Gasteiger partial charge in [0.2, 0.25) is 0 Å². The number of hydrogen-bond donors (Lipinski definition) is 2. The van der Waals surface area contributed by atoms with E-state index in [1.54, 1.807) is 18.2 Å². The van der Waals surface area contributed by atoms with Gasteiger partial charge >= 0.3 is 6.18 Å². The van der Waals surface area contributed by atoms with Crippen molar-refractivity contribution in [3.8, 4) is 11.4 Å². The van der Waals surface area contributed by atoms with Crippen molar-refractivity contribution in [2.24, 2.45) is 0 Å². The number of rotatable bonds is 7. The third-order valence-corrected chi connectivity index (χ3v) is 4.50. The molecule has 0 saturated carbocycles. The Labute approximate surface area is 181 Å². The van der Waals surface area contributed by atoms with Crippen molar-refractivity contribution in [1.29, 1.82) is 0 Å². The largest absolute Gasteiger partial charge is 0.491 e. The van der Waals surface area contributed by atoms with Crippen LogP contribution in [0.15, 0.2) is 54.7 Å². The van der Waals surface area contributed by atoms with Crippen LogP contribution in [0.2, 0.25) is 5.02 Å². The van der Waals surface area contributed by atoms with Gasteiger partial charge in [0.1, 0.15) is 18.5 Å². The van der Waals surface area contributed by atoms with Crippen LogP contribution in [0.5, 0.6) is 5.75 Å². The second kappa shape index (κ2) is 9.40. The SMILES string of the molecule is Cc1cccc(OCC(O)CNC(=O)c2cnn(-c3cccc(Cl)c3)c2C(F)(F)F)c1. The van der Waals surface area contributed by atoms with Crippen LogP contribution in [0.4, 0.5) is 13.2 Å². The van der Waals surface area contributed by atoms with Crippen molar-refractivity contribution in [1.82, 2.24) is 15.1 Å². The fraction of sp³-hybridized carbons (Fsp3) is 0.238. The van der Waals surface area contributed by atoms with E-state index in [9.17, 15) is 23.1 Å². The van der Waals surface area contributed by atoms with Crippen LogP contribution in [0.25, 0.3) is 5.69 Å². The predicted molar refractivity (Wildman–Crippen MR) is 109 cm³/mol. The van der Waals surface area contributed by atoms with Gasteiger partial charge in [0.25, 0.3) is 5.91 Å². The lowest BCUT2D eigenvalue weighted by molar-refractivity contribution is -0.143. The number of benzene rings is 2. The molecular weight excluding hydrogens is 435 g/mol. The van der Waals surface area contributed by atoms with E-state index < -0.39 is 29.4 Å². The molecule has 1 aromatic heterocycles. The highest BCUT2D eigenvalue weighted by Gasteiger charge is 2.40. The number of nitrogens with one attached hydrogen (secondary N) is 1. The standard InChI is InChI=1S/C21H19ClF3N3O3/c1-13-4-2-7-17(8-13)31-12-16(29)10-26-20(30)18-11-27-28(19(18)21(23,24)25)15-6-3-5-14(22)9-15/h2-9,11,16,29H,10,12H2,1H3,(H,26,30). The second-order valence-electron chi connectivity index (χ2n) is 6.79. The van der Waals surface area contributed by atoms with Gasteiger partial charge in [-0.3, -0.25) is 4.79 Å². The third-order valence-electron chi connectivity index (χ3n) is 4.27. The number of alkyl halides is 3. The number of aromatic nitrogens is 2. The zero-order valence-electron chi connectivity index (χ0n) is 16.4. The van der Waals surface area contributed by atoms with E-state index in [4.69, 9.17) is 16.3 Å². The van der Waals surface area contributed by atoms with Gasteiger partial charge < -0.3 is 15.2 Å². The minimum absolute atomic E-state index is 0.0606. The highest BCUT2D eigenvalue weighted by Crippen LogP contribution is 2.34. The maximum Gasteiger partial charge on any atom is 0.434 e. The van der Waals surface area contributed by atoms with E-state index in [1.165, 1.54) is 24.3 Å². The Morgan fingerprint density at radius 3 is 2.68 bits per heavy atom. The van der Waals surface area contributed by atoms with Gasteiger partial charge in [-0.25, -0.2) is 4.68 Å². The molecule has 1 heterocycles.